The monoisotopic (exact) mass is 330 g/mol. The number of nitrogens with zero attached hydrogens (tertiary/aromatic N) is 5. The molecule has 0 unspecified atom stereocenters. The summed E-state index contributed by atoms with van der Waals surface area (Å²) in [5.74, 6) is 0.216. The van der Waals surface area contributed by atoms with Crippen LogP contribution in [0.4, 0.5) is 5.95 Å². The molecule has 7 nitrogen and oxygen atoms in total. The second-order valence-corrected chi connectivity index (χ2v) is 5.32. The van der Waals surface area contributed by atoms with Gasteiger partial charge in [0.2, 0.25) is 5.95 Å². The normalized spacial score (nSPS) is 10.8. The maximum atomic E-state index is 5.86. The molecule has 4 aromatic rings. The Bertz CT molecular complexity index is 1030. The van der Waals surface area contributed by atoms with Gasteiger partial charge in [-0.05, 0) is 12.1 Å². The Morgan fingerprint density at radius 1 is 0.840 bits per heavy atom. The van der Waals surface area contributed by atoms with Gasteiger partial charge < -0.3 is 10.5 Å². The van der Waals surface area contributed by atoms with E-state index in [0.29, 0.717) is 22.7 Å². The molecule has 0 bridgehead atoms. The largest absolute Gasteiger partial charge is 0.467 e. The first kappa shape index (κ1) is 14.9. The SMILES string of the molecule is COc1ncc(-c2ccc3nc(N)nc(-c4ccccc4)c3n2)cn1. The minimum absolute atomic E-state index is 0.216. The van der Waals surface area contributed by atoms with Gasteiger partial charge in [-0.15, -0.1) is 0 Å². The van der Waals surface area contributed by atoms with Crippen LogP contribution < -0.4 is 10.5 Å². The molecule has 0 aliphatic rings. The van der Waals surface area contributed by atoms with Crippen molar-refractivity contribution >= 4 is 17.0 Å². The third-order valence-electron chi connectivity index (χ3n) is 3.71. The van der Waals surface area contributed by atoms with Crippen LogP contribution in [0.25, 0.3) is 33.5 Å². The molecule has 0 radical (unpaired) electrons. The Morgan fingerprint density at radius 2 is 1.60 bits per heavy atom. The van der Waals surface area contributed by atoms with Crippen LogP contribution in [-0.2, 0) is 0 Å². The van der Waals surface area contributed by atoms with Crippen molar-refractivity contribution in [3.63, 3.8) is 0 Å². The van der Waals surface area contributed by atoms with Crippen molar-refractivity contribution in [3.05, 3.63) is 54.9 Å². The molecule has 0 saturated heterocycles. The van der Waals surface area contributed by atoms with Crippen molar-refractivity contribution in [2.24, 2.45) is 0 Å². The molecule has 0 aliphatic carbocycles. The number of hydrogen-bond donors (Lipinski definition) is 1. The van der Waals surface area contributed by atoms with Gasteiger partial charge in [0.25, 0.3) is 0 Å². The van der Waals surface area contributed by atoms with Gasteiger partial charge in [-0.2, -0.15) is 0 Å². The average Bonchev–Trinajstić information content (AvgIpc) is 2.68. The number of aromatic nitrogens is 5. The van der Waals surface area contributed by atoms with Gasteiger partial charge in [-0.3, -0.25) is 0 Å². The molecule has 122 valence electrons. The number of methoxy groups -OCH3 is 1. The van der Waals surface area contributed by atoms with E-state index in [9.17, 15) is 0 Å². The third-order valence-corrected chi connectivity index (χ3v) is 3.71. The number of hydrogen-bond acceptors (Lipinski definition) is 7. The number of rotatable bonds is 3. The lowest BCUT2D eigenvalue weighted by atomic mass is 10.1. The first-order valence-corrected chi connectivity index (χ1v) is 7.61. The number of anilines is 1. The van der Waals surface area contributed by atoms with E-state index in [1.807, 2.05) is 42.5 Å². The summed E-state index contributed by atoms with van der Waals surface area (Å²) in [6.45, 7) is 0. The summed E-state index contributed by atoms with van der Waals surface area (Å²) < 4.78 is 4.99. The van der Waals surface area contributed by atoms with Crippen molar-refractivity contribution in [2.45, 2.75) is 0 Å². The maximum absolute atomic E-state index is 5.86. The molecule has 0 amide bonds. The van der Waals surface area contributed by atoms with Crippen LogP contribution in [0.2, 0.25) is 0 Å². The zero-order valence-corrected chi connectivity index (χ0v) is 13.4. The van der Waals surface area contributed by atoms with E-state index < -0.39 is 0 Å². The molecule has 0 fully saturated rings. The highest BCUT2D eigenvalue weighted by Crippen LogP contribution is 2.27. The number of nitrogen functional groups attached to an aromatic ring is 1. The van der Waals surface area contributed by atoms with E-state index in [1.54, 1.807) is 12.4 Å². The highest BCUT2D eigenvalue weighted by Gasteiger charge is 2.12. The zero-order chi connectivity index (χ0) is 17.2. The van der Waals surface area contributed by atoms with Crippen LogP contribution in [0.1, 0.15) is 0 Å². The van der Waals surface area contributed by atoms with Crippen LogP contribution in [0.15, 0.2) is 54.9 Å². The molecule has 7 heteroatoms. The fourth-order valence-electron chi connectivity index (χ4n) is 2.54. The van der Waals surface area contributed by atoms with E-state index in [4.69, 9.17) is 15.5 Å². The number of nitrogens with two attached hydrogens (primary N) is 1. The van der Waals surface area contributed by atoms with Gasteiger partial charge in [0.1, 0.15) is 11.2 Å². The molecule has 1 aromatic carbocycles. The standard InChI is InChI=1S/C18H14N6O/c1-25-18-20-9-12(10-21-18)13-7-8-14-16(22-13)15(24-17(19)23-14)11-5-3-2-4-6-11/h2-10H,1H3,(H2,19,23,24). The number of benzene rings is 1. The Labute approximate surface area is 143 Å². The number of ether oxygens (including phenoxy) is 1. The number of pyridine rings is 1. The van der Waals surface area contributed by atoms with E-state index in [2.05, 4.69) is 19.9 Å². The fraction of sp³-hybridized carbons (Fsp3) is 0.0556. The van der Waals surface area contributed by atoms with Crippen molar-refractivity contribution in [1.29, 1.82) is 0 Å². The molecule has 2 N–H and O–H groups in total. The minimum Gasteiger partial charge on any atom is -0.467 e. The molecule has 0 aliphatic heterocycles. The first-order chi connectivity index (χ1) is 12.2. The van der Waals surface area contributed by atoms with Crippen molar-refractivity contribution < 1.29 is 4.74 Å². The summed E-state index contributed by atoms with van der Waals surface area (Å²) in [6, 6.07) is 13.8. The van der Waals surface area contributed by atoms with Crippen LogP contribution in [0, 0.1) is 0 Å². The lowest BCUT2D eigenvalue weighted by Gasteiger charge is -2.08. The van der Waals surface area contributed by atoms with E-state index in [1.165, 1.54) is 7.11 Å². The maximum Gasteiger partial charge on any atom is 0.316 e. The van der Waals surface area contributed by atoms with Crippen molar-refractivity contribution in [2.75, 3.05) is 12.8 Å². The van der Waals surface area contributed by atoms with E-state index in [-0.39, 0.29) is 5.95 Å². The molecule has 4 rings (SSSR count). The van der Waals surface area contributed by atoms with Crippen LogP contribution in [-0.4, -0.2) is 32.0 Å². The van der Waals surface area contributed by atoms with Gasteiger partial charge >= 0.3 is 6.01 Å². The first-order valence-electron chi connectivity index (χ1n) is 7.61. The molecule has 25 heavy (non-hydrogen) atoms. The Morgan fingerprint density at radius 3 is 2.32 bits per heavy atom. The van der Waals surface area contributed by atoms with Crippen LogP contribution >= 0.6 is 0 Å². The summed E-state index contributed by atoms with van der Waals surface area (Å²) in [7, 11) is 1.52. The minimum atomic E-state index is 0.216. The average molecular weight is 330 g/mol. The molecular formula is C18H14N6O. The van der Waals surface area contributed by atoms with Gasteiger partial charge in [-0.1, -0.05) is 30.3 Å². The summed E-state index contributed by atoms with van der Waals surface area (Å²) in [6.07, 6.45) is 3.33. The lowest BCUT2D eigenvalue weighted by molar-refractivity contribution is 0.380. The van der Waals surface area contributed by atoms with E-state index >= 15 is 0 Å². The summed E-state index contributed by atoms with van der Waals surface area (Å²) in [4.78, 5) is 21.6. The zero-order valence-electron chi connectivity index (χ0n) is 13.4. The van der Waals surface area contributed by atoms with Gasteiger partial charge in [0.15, 0.2) is 0 Å². The van der Waals surface area contributed by atoms with E-state index in [0.717, 1.165) is 16.8 Å². The third kappa shape index (κ3) is 2.83. The summed E-state index contributed by atoms with van der Waals surface area (Å²) in [5, 5.41) is 0. The van der Waals surface area contributed by atoms with Crippen LogP contribution in [0.5, 0.6) is 6.01 Å². The topological polar surface area (TPSA) is 99.7 Å². The molecule has 0 saturated carbocycles. The Balaban J connectivity index is 1.90. The highest BCUT2D eigenvalue weighted by atomic mass is 16.5. The molecule has 0 atom stereocenters. The molecule has 3 aromatic heterocycles. The Kier molecular flexibility index (Phi) is 3.66. The predicted molar refractivity (Wildman–Crippen MR) is 94.8 cm³/mol. The Hall–Kier alpha value is -3.61. The predicted octanol–water partition coefficient (Wildman–Crippen LogP) is 2.74. The molecular weight excluding hydrogens is 316 g/mol. The van der Waals surface area contributed by atoms with Crippen molar-refractivity contribution in [3.8, 4) is 28.5 Å². The summed E-state index contributed by atoms with van der Waals surface area (Å²) in [5.41, 5.74) is 10.3. The lowest BCUT2D eigenvalue weighted by Crippen LogP contribution is -2.00. The quantitative estimate of drug-likeness (QED) is 0.616. The smallest absolute Gasteiger partial charge is 0.316 e. The van der Waals surface area contributed by atoms with Crippen molar-refractivity contribution in [1.82, 2.24) is 24.9 Å². The summed E-state index contributed by atoms with van der Waals surface area (Å²) >= 11 is 0. The second-order valence-electron chi connectivity index (χ2n) is 5.32. The van der Waals surface area contributed by atoms with Gasteiger partial charge in [-0.25, -0.2) is 24.9 Å². The second kappa shape index (κ2) is 6.12. The fourth-order valence-corrected chi connectivity index (χ4v) is 2.54. The van der Waals surface area contributed by atoms with Gasteiger partial charge in [0, 0.05) is 23.5 Å². The number of fused-ring (bicyclic) bond motifs is 1. The molecule has 0 spiro atoms. The highest BCUT2D eigenvalue weighted by molar-refractivity contribution is 5.91. The van der Waals surface area contributed by atoms with Crippen LogP contribution in [0.3, 0.4) is 0 Å². The molecule has 3 heterocycles. The van der Waals surface area contributed by atoms with Gasteiger partial charge in [0.05, 0.1) is 18.3 Å².